The van der Waals surface area contributed by atoms with Crippen molar-refractivity contribution < 1.29 is 9.53 Å². The van der Waals surface area contributed by atoms with Crippen LogP contribution in [-0.2, 0) is 9.53 Å². The molecule has 21 heavy (non-hydrogen) atoms. The molecular formula is C16H22N2O2S. The summed E-state index contributed by atoms with van der Waals surface area (Å²) in [6.07, 6.45) is 3.02. The standard InChI is InChI=1S/C16H22N2O2S/c17-15(19)14(12-4-2-1-3-5-12)18-13-6-8-20-16(10-13)7-9-21-11-16/h1-5,13-14,18H,6-11H2,(H2,17,19)/t13-,14-,16-/m1/s1. The van der Waals surface area contributed by atoms with E-state index in [1.54, 1.807) is 0 Å². The number of primary amides is 1. The fourth-order valence-corrected chi connectivity index (χ4v) is 4.64. The molecule has 1 spiro atoms. The third-order valence-electron chi connectivity index (χ3n) is 4.38. The molecule has 2 aliphatic rings. The summed E-state index contributed by atoms with van der Waals surface area (Å²) in [5.41, 5.74) is 6.54. The first-order valence-corrected chi connectivity index (χ1v) is 8.66. The lowest BCUT2D eigenvalue weighted by Gasteiger charge is -2.39. The van der Waals surface area contributed by atoms with Gasteiger partial charge in [-0.25, -0.2) is 0 Å². The molecule has 3 N–H and O–H groups in total. The molecule has 0 unspecified atom stereocenters. The summed E-state index contributed by atoms with van der Waals surface area (Å²) in [6.45, 7) is 0.762. The lowest BCUT2D eigenvalue weighted by Crippen LogP contribution is -2.49. The van der Waals surface area contributed by atoms with Crippen molar-refractivity contribution >= 4 is 17.7 Å². The van der Waals surface area contributed by atoms with Gasteiger partial charge in [-0.05, 0) is 30.6 Å². The van der Waals surface area contributed by atoms with Crippen molar-refractivity contribution in [3.05, 3.63) is 35.9 Å². The Bertz CT molecular complexity index is 488. The van der Waals surface area contributed by atoms with Gasteiger partial charge < -0.3 is 10.5 Å². The summed E-state index contributed by atoms with van der Waals surface area (Å²) in [7, 11) is 0. The third-order valence-corrected chi connectivity index (χ3v) is 5.60. The quantitative estimate of drug-likeness (QED) is 0.891. The van der Waals surface area contributed by atoms with Crippen LogP contribution in [0.1, 0.15) is 30.9 Å². The molecule has 5 heteroatoms. The number of benzene rings is 1. The zero-order valence-corrected chi connectivity index (χ0v) is 12.9. The van der Waals surface area contributed by atoms with E-state index in [0.29, 0.717) is 0 Å². The highest BCUT2D eigenvalue weighted by Gasteiger charge is 2.41. The first-order valence-electron chi connectivity index (χ1n) is 7.51. The van der Waals surface area contributed by atoms with Crippen molar-refractivity contribution in [3.63, 3.8) is 0 Å². The van der Waals surface area contributed by atoms with Gasteiger partial charge >= 0.3 is 0 Å². The summed E-state index contributed by atoms with van der Waals surface area (Å²) in [5.74, 6) is 1.92. The number of carbonyl (C=O) groups excluding carboxylic acids is 1. The van der Waals surface area contributed by atoms with Gasteiger partial charge in [0, 0.05) is 18.4 Å². The second-order valence-corrected chi connectivity index (χ2v) is 7.04. The summed E-state index contributed by atoms with van der Waals surface area (Å²) in [5, 5.41) is 3.46. The Morgan fingerprint density at radius 2 is 2.24 bits per heavy atom. The molecule has 0 aliphatic carbocycles. The number of nitrogens with one attached hydrogen (secondary N) is 1. The van der Waals surface area contributed by atoms with Crippen LogP contribution < -0.4 is 11.1 Å². The zero-order chi connectivity index (χ0) is 14.7. The molecule has 114 valence electrons. The SMILES string of the molecule is NC(=O)[C@H](N[C@@H]1CCO[C@]2(CCSC2)C1)c1ccccc1. The van der Waals surface area contributed by atoms with Crippen LogP contribution in [0.4, 0.5) is 0 Å². The number of ether oxygens (including phenoxy) is 1. The molecule has 2 saturated heterocycles. The Labute approximate surface area is 129 Å². The maximum atomic E-state index is 11.8. The van der Waals surface area contributed by atoms with Crippen LogP contribution in [-0.4, -0.2) is 35.7 Å². The summed E-state index contributed by atoms with van der Waals surface area (Å²) in [4.78, 5) is 11.8. The number of hydrogen-bond donors (Lipinski definition) is 2. The summed E-state index contributed by atoms with van der Waals surface area (Å²) in [6, 6.07) is 9.58. The van der Waals surface area contributed by atoms with E-state index in [2.05, 4.69) is 5.32 Å². The highest BCUT2D eigenvalue weighted by atomic mass is 32.2. The monoisotopic (exact) mass is 306 g/mol. The van der Waals surface area contributed by atoms with Crippen molar-refractivity contribution in [2.24, 2.45) is 5.73 Å². The third kappa shape index (κ3) is 3.42. The normalized spacial score (nSPS) is 30.4. The van der Waals surface area contributed by atoms with Crippen LogP contribution in [0.5, 0.6) is 0 Å². The molecule has 2 fully saturated rings. The fraction of sp³-hybridized carbons (Fsp3) is 0.562. The molecular weight excluding hydrogens is 284 g/mol. The number of amides is 1. The molecule has 0 radical (unpaired) electrons. The number of thioether (sulfide) groups is 1. The van der Waals surface area contributed by atoms with Crippen LogP contribution in [0.3, 0.4) is 0 Å². The van der Waals surface area contributed by atoms with E-state index >= 15 is 0 Å². The van der Waals surface area contributed by atoms with E-state index in [4.69, 9.17) is 10.5 Å². The predicted molar refractivity (Wildman–Crippen MR) is 85.2 cm³/mol. The summed E-state index contributed by atoms with van der Waals surface area (Å²) < 4.78 is 6.03. The molecule has 2 heterocycles. The second-order valence-electron chi connectivity index (χ2n) is 5.94. The van der Waals surface area contributed by atoms with Gasteiger partial charge in [-0.2, -0.15) is 11.8 Å². The van der Waals surface area contributed by atoms with Gasteiger partial charge in [0.25, 0.3) is 0 Å². The Hall–Kier alpha value is -1.04. The predicted octanol–water partition coefficient (Wildman–Crippen LogP) is 1.86. The largest absolute Gasteiger partial charge is 0.374 e. The van der Waals surface area contributed by atoms with E-state index in [1.165, 1.54) is 5.75 Å². The highest BCUT2D eigenvalue weighted by Crippen LogP contribution is 2.38. The van der Waals surface area contributed by atoms with Gasteiger partial charge in [0.2, 0.25) is 5.91 Å². The second kappa shape index (κ2) is 6.38. The summed E-state index contributed by atoms with van der Waals surface area (Å²) >= 11 is 1.96. The van der Waals surface area contributed by atoms with Gasteiger partial charge in [0.1, 0.15) is 6.04 Å². The lowest BCUT2D eigenvalue weighted by atomic mass is 9.89. The van der Waals surface area contributed by atoms with Gasteiger partial charge in [-0.1, -0.05) is 30.3 Å². The van der Waals surface area contributed by atoms with Crippen molar-refractivity contribution in [3.8, 4) is 0 Å². The molecule has 0 aromatic heterocycles. The minimum Gasteiger partial charge on any atom is -0.374 e. The molecule has 1 aromatic carbocycles. The maximum Gasteiger partial charge on any atom is 0.239 e. The van der Waals surface area contributed by atoms with Gasteiger partial charge in [-0.15, -0.1) is 0 Å². The van der Waals surface area contributed by atoms with Gasteiger partial charge in [0.15, 0.2) is 0 Å². The average Bonchev–Trinajstić information content (AvgIpc) is 2.93. The maximum absolute atomic E-state index is 11.8. The van der Waals surface area contributed by atoms with Crippen LogP contribution in [0, 0.1) is 0 Å². The average molecular weight is 306 g/mol. The molecule has 0 bridgehead atoms. The molecule has 4 nitrogen and oxygen atoms in total. The minimum atomic E-state index is -0.416. The van der Waals surface area contributed by atoms with Crippen molar-refractivity contribution in [2.45, 2.75) is 36.9 Å². The highest BCUT2D eigenvalue weighted by molar-refractivity contribution is 7.99. The minimum absolute atomic E-state index is 0.0134. The van der Waals surface area contributed by atoms with E-state index in [9.17, 15) is 4.79 Å². The van der Waals surface area contributed by atoms with E-state index in [-0.39, 0.29) is 17.6 Å². The Morgan fingerprint density at radius 3 is 2.90 bits per heavy atom. The number of hydrogen-bond acceptors (Lipinski definition) is 4. The topological polar surface area (TPSA) is 64.4 Å². The first-order chi connectivity index (χ1) is 10.2. The lowest BCUT2D eigenvalue weighted by molar-refractivity contribution is -0.121. The smallest absolute Gasteiger partial charge is 0.239 e. The Morgan fingerprint density at radius 1 is 1.43 bits per heavy atom. The van der Waals surface area contributed by atoms with Crippen molar-refractivity contribution in [1.29, 1.82) is 0 Å². The van der Waals surface area contributed by atoms with Crippen LogP contribution in [0.15, 0.2) is 30.3 Å². The van der Waals surface area contributed by atoms with Crippen molar-refractivity contribution in [1.82, 2.24) is 5.32 Å². The molecule has 2 aliphatic heterocycles. The Kier molecular flexibility index (Phi) is 4.52. The van der Waals surface area contributed by atoms with E-state index in [1.807, 2.05) is 42.1 Å². The van der Waals surface area contributed by atoms with Crippen LogP contribution in [0.25, 0.3) is 0 Å². The number of carbonyl (C=O) groups is 1. The number of nitrogens with two attached hydrogens (primary N) is 1. The van der Waals surface area contributed by atoms with Gasteiger partial charge in [-0.3, -0.25) is 10.1 Å². The van der Waals surface area contributed by atoms with Crippen molar-refractivity contribution in [2.75, 3.05) is 18.1 Å². The molecule has 3 rings (SSSR count). The Balaban J connectivity index is 1.70. The first kappa shape index (κ1) is 14.9. The molecule has 0 saturated carbocycles. The molecule has 3 atom stereocenters. The molecule has 1 aromatic rings. The van der Waals surface area contributed by atoms with E-state index in [0.717, 1.165) is 37.2 Å². The zero-order valence-electron chi connectivity index (χ0n) is 12.1. The fourth-order valence-electron chi connectivity index (χ4n) is 3.26. The van der Waals surface area contributed by atoms with Crippen LogP contribution in [0.2, 0.25) is 0 Å². The van der Waals surface area contributed by atoms with E-state index < -0.39 is 6.04 Å². The van der Waals surface area contributed by atoms with Crippen LogP contribution >= 0.6 is 11.8 Å². The van der Waals surface area contributed by atoms with Gasteiger partial charge in [0.05, 0.1) is 5.60 Å². The number of rotatable bonds is 4. The molecule has 1 amide bonds.